The average Bonchev–Trinajstić information content (AvgIpc) is 3.62. The Morgan fingerprint density at radius 2 is 1.00 bits per heavy atom. The fourth-order valence-corrected chi connectivity index (χ4v) is 8.75. The van der Waals surface area contributed by atoms with Crippen LogP contribution >= 0.6 is 15.9 Å². The minimum atomic E-state index is -1.58. The lowest BCUT2D eigenvalue weighted by Crippen LogP contribution is -2.45. The van der Waals surface area contributed by atoms with Crippen molar-refractivity contribution in [1.29, 1.82) is 0 Å². The second-order valence-corrected chi connectivity index (χ2v) is 12.9. The van der Waals surface area contributed by atoms with Crippen molar-refractivity contribution in [3.63, 3.8) is 0 Å². The number of nitro benzene ring substituents is 1. The van der Waals surface area contributed by atoms with Crippen molar-refractivity contribution >= 4 is 56.0 Å². The third-order valence-corrected chi connectivity index (χ3v) is 10.4. The Morgan fingerprint density at radius 3 is 1.40 bits per heavy atom. The highest BCUT2D eigenvalue weighted by Gasteiger charge is 2.83. The summed E-state index contributed by atoms with van der Waals surface area (Å²) in [5, 5.41) is 12.3. The maximum Gasteiger partial charge on any atom is 0.294 e. The Bertz CT molecular complexity index is 2030. The molecule has 2 bridgehead atoms. The van der Waals surface area contributed by atoms with E-state index in [2.05, 4.69) is 15.9 Å². The number of allylic oxidation sites excluding steroid dienone is 2. The van der Waals surface area contributed by atoms with Crippen LogP contribution in [-0.4, -0.2) is 22.5 Å². The van der Waals surface area contributed by atoms with Crippen molar-refractivity contribution in [3.05, 3.63) is 176 Å². The van der Waals surface area contributed by atoms with E-state index in [1.54, 1.807) is 6.07 Å². The lowest BCUT2D eigenvalue weighted by molar-refractivity contribution is -0.384. The number of carbonyl (C=O) groups excluding carboxylic acids is 3. The number of nitro groups is 1. The first-order valence-corrected chi connectivity index (χ1v) is 16.0. The van der Waals surface area contributed by atoms with Crippen LogP contribution in [0.15, 0.2) is 144 Å². The van der Waals surface area contributed by atoms with Crippen LogP contribution in [0.25, 0.3) is 11.1 Å². The number of amides is 2. The van der Waals surface area contributed by atoms with Crippen LogP contribution in [-0.2, 0) is 25.2 Å². The first-order chi connectivity index (χ1) is 22.8. The molecular weight excluding hydrogens is 656 g/mol. The van der Waals surface area contributed by atoms with Gasteiger partial charge in [0.25, 0.3) is 5.69 Å². The van der Waals surface area contributed by atoms with Gasteiger partial charge in [-0.25, -0.2) is 4.90 Å². The minimum Gasteiger partial charge on any atom is -0.297 e. The fraction of sp³-hybridized carbons (Fsp3) is 0.103. The maximum absolute atomic E-state index is 15.9. The lowest BCUT2D eigenvalue weighted by atomic mass is 9.59. The van der Waals surface area contributed by atoms with Gasteiger partial charge in [-0.3, -0.25) is 24.5 Å². The minimum absolute atomic E-state index is 0.122. The van der Waals surface area contributed by atoms with Crippen molar-refractivity contribution in [2.24, 2.45) is 11.8 Å². The summed E-state index contributed by atoms with van der Waals surface area (Å²) in [7, 11) is 0. The van der Waals surface area contributed by atoms with Crippen LogP contribution in [0.2, 0.25) is 0 Å². The summed E-state index contributed by atoms with van der Waals surface area (Å²) in [6.07, 6.45) is 0. The number of benzene rings is 5. The van der Waals surface area contributed by atoms with Gasteiger partial charge in [0.05, 0.1) is 27.6 Å². The Hall–Kier alpha value is -5.47. The molecule has 1 heterocycles. The fourth-order valence-electron chi connectivity index (χ4n) is 8.40. The predicted molar refractivity (Wildman–Crippen MR) is 181 cm³/mol. The molecule has 1 saturated heterocycles. The van der Waals surface area contributed by atoms with Crippen molar-refractivity contribution < 1.29 is 19.3 Å². The molecule has 0 aromatic heterocycles. The van der Waals surface area contributed by atoms with Crippen molar-refractivity contribution in [3.8, 4) is 0 Å². The second-order valence-electron chi connectivity index (χ2n) is 12.0. The van der Waals surface area contributed by atoms with Crippen LogP contribution in [0.1, 0.15) is 22.3 Å². The maximum atomic E-state index is 15.9. The zero-order chi connectivity index (χ0) is 32.5. The number of fused-ring (bicyclic) bond motifs is 5. The van der Waals surface area contributed by atoms with E-state index in [0.29, 0.717) is 26.7 Å². The third kappa shape index (κ3) is 3.70. The van der Waals surface area contributed by atoms with Crippen molar-refractivity contribution in [1.82, 2.24) is 0 Å². The number of Topliss-reactive ketones (excluding diaryl/α,β-unsaturated/α-hetero) is 1. The summed E-state index contributed by atoms with van der Waals surface area (Å²) in [5.74, 6) is -3.87. The smallest absolute Gasteiger partial charge is 0.294 e. The van der Waals surface area contributed by atoms with E-state index >= 15 is 14.4 Å². The number of anilines is 1. The van der Waals surface area contributed by atoms with Crippen LogP contribution < -0.4 is 4.90 Å². The van der Waals surface area contributed by atoms with E-state index in [-0.39, 0.29) is 17.2 Å². The summed E-state index contributed by atoms with van der Waals surface area (Å²) < 4.78 is 0.434. The van der Waals surface area contributed by atoms with E-state index < -0.39 is 39.4 Å². The first-order valence-electron chi connectivity index (χ1n) is 15.2. The Balaban J connectivity index is 1.55. The molecule has 1 saturated carbocycles. The zero-order valence-corrected chi connectivity index (χ0v) is 26.3. The van der Waals surface area contributed by atoms with Crippen molar-refractivity contribution in [2.75, 3.05) is 4.90 Å². The molecule has 2 amide bonds. The van der Waals surface area contributed by atoms with Gasteiger partial charge in [0.2, 0.25) is 11.8 Å². The molecular formula is C39H25BrN2O5. The Morgan fingerprint density at radius 1 is 0.596 bits per heavy atom. The molecule has 8 heteroatoms. The number of hydrogen-bond donors (Lipinski definition) is 0. The predicted octanol–water partition coefficient (Wildman–Crippen LogP) is 7.55. The first kappa shape index (κ1) is 29.0. The standard InChI is InChI=1S/C39H25BrN2O5/c40-28-21-22-29(30(23-28)42(46)47)41-35(43)33-34(36(41)44)39(27-19-11-4-12-20-27)32(25-15-7-2-8-16-25)31(24-13-5-1-6-14-24)38(33,37(39)45)26-17-9-3-10-18-26/h1-23,33-34H/t33-,34+,38-,39-/m0/s1. The van der Waals surface area contributed by atoms with E-state index in [9.17, 15) is 10.1 Å². The Labute approximate surface area is 278 Å². The molecule has 5 aromatic rings. The average molecular weight is 682 g/mol. The van der Waals surface area contributed by atoms with Crippen LogP contribution in [0.5, 0.6) is 0 Å². The molecule has 0 N–H and O–H groups in total. The van der Waals surface area contributed by atoms with Gasteiger partial charge in [0, 0.05) is 10.5 Å². The van der Waals surface area contributed by atoms with Gasteiger partial charge >= 0.3 is 0 Å². The summed E-state index contributed by atoms with van der Waals surface area (Å²) in [6.45, 7) is 0. The molecule has 3 aliphatic rings. The molecule has 2 aliphatic carbocycles. The highest BCUT2D eigenvalue weighted by atomic mass is 79.9. The number of hydrogen-bond acceptors (Lipinski definition) is 5. The quantitative estimate of drug-likeness (QED) is 0.105. The van der Waals surface area contributed by atoms with Crippen molar-refractivity contribution in [2.45, 2.75) is 10.8 Å². The van der Waals surface area contributed by atoms with E-state index in [1.807, 2.05) is 121 Å². The largest absolute Gasteiger partial charge is 0.297 e. The van der Waals surface area contributed by atoms with Crippen LogP contribution in [0.3, 0.4) is 0 Å². The van der Waals surface area contributed by atoms with Gasteiger partial charge in [-0.2, -0.15) is 0 Å². The molecule has 0 radical (unpaired) electrons. The van der Waals surface area contributed by atoms with Crippen LogP contribution in [0, 0.1) is 22.0 Å². The highest BCUT2D eigenvalue weighted by molar-refractivity contribution is 9.10. The van der Waals surface area contributed by atoms with Gasteiger partial charge < -0.3 is 0 Å². The molecule has 0 spiro atoms. The molecule has 228 valence electrons. The number of nitrogens with zero attached hydrogens (tertiary/aromatic N) is 2. The van der Waals surface area contributed by atoms with Gasteiger partial charge in [-0.05, 0) is 45.5 Å². The zero-order valence-electron chi connectivity index (χ0n) is 24.7. The highest BCUT2D eigenvalue weighted by Crippen LogP contribution is 2.74. The number of imide groups is 1. The summed E-state index contributed by atoms with van der Waals surface area (Å²) in [6, 6.07) is 41.8. The van der Waals surface area contributed by atoms with Gasteiger partial charge in [0.1, 0.15) is 5.69 Å². The van der Waals surface area contributed by atoms with E-state index in [1.165, 1.54) is 12.1 Å². The molecule has 5 aromatic carbocycles. The molecule has 2 fully saturated rings. The van der Waals surface area contributed by atoms with Gasteiger partial charge in [-0.1, -0.05) is 137 Å². The summed E-state index contributed by atoms with van der Waals surface area (Å²) in [4.78, 5) is 58.6. The molecule has 0 unspecified atom stereocenters. The topological polar surface area (TPSA) is 97.6 Å². The third-order valence-electron chi connectivity index (χ3n) is 9.95. The van der Waals surface area contributed by atoms with Gasteiger partial charge in [-0.15, -0.1) is 0 Å². The van der Waals surface area contributed by atoms with Crippen LogP contribution in [0.4, 0.5) is 11.4 Å². The lowest BCUT2D eigenvalue weighted by Gasteiger charge is -2.39. The molecule has 1 aliphatic heterocycles. The second kappa shape index (κ2) is 10.5. The summed E-state index contributed by atoms with van der Waals surface area (Å²) >= 11 is 3.29. The number of carbonyl (C=O) groups is 3. The van der Waals surface area contributed by atoms with Gasteiger partial charge in [0.15, 0.2) is 5.78 Å². The molecule has 7 nitrogen and oxygen atoms in total. The molecule has 4 atom stereocenters. The monoisotopic (exact) mass is 680 g/mol. The van der Waals surface area contributed by atoms with E-state index in [4.69, 9.17) is 0 Å². The molecule has 8 rings (SSSR count). The van der Waals surface area contributed by atoms with E-state index in [0.717, 1.165) is 16.0 Å². The SMILES string of the molecule is O=C1[C@@H]2[C@H](C(=O)N1c1ccc(Br)cc1[N+](=O)[O-])[C@@]1(c3ccccc3)C(=O)[C@@]2(c2ccccc2)C(c2ccccc2)=C1c1ccccc1. The Kier molecular flexibility index (Phi) is 6.49. The summed E-state index contributed by atoms with van der Waals surface area (Å²) in [5.41, 5.74) is 0.357. The number of rotatable bonds is 6. The normalized spacial score (nSPS) is 24.6. The molecule has 47 heavy (non-hydrogen) atoms. The number of halogens is 1. The number of ketones is 1.